The zero-order valence-electron chi connectivity index (χ0n) is 10.8. The highest BCUT2D eigenvalue weighted by molar-refractivity contribution is 7.89. The first-order chi connectivity index (χ1) is 9.19. The van der Waals surface area contributed by atoms with Crippen molar-refractivity contribution in [2.24, 2.45) is 5.92 Å². The zero-order chi connectivity index (χ0) is 15.5. The molecule has 0 aliphatic heterocycles. The predicted molar refractivity (Wildman–Crippen MR) is 72.8 cm³/mol. The molecule has 20 heavy (non-hydrogen) atoms. The number of nitriles is 1. The van der Waals surface area contributed by atoms with Gasteiger partial charge in [0.15, 0.2) is 0 Å². The van der Waals surface area contributed by atoms with Crippen LogP contribution in [-0.2, 0) is 14.8 Å². The van der Waals surface area contributed by atoms with Crippen LogP contribution in [0.3, 0.4) is 0 Å². The number of aliphatic carboxylic acids is 1. The van der Waals surface area contributed by atoms with Crippen molar-refractivity contribution in [3.63, 3.8) is 0 Å². The standard InChI is InChI=1S/C12H13ClN2O4S/c1-7(2)11(12(16)17)15-20(18,19)10-4-3-8(6-14)5-9(10)13/h3-5,7,11,15H,1-2H3,(H,16,17)/t11-/m1/s1. The number of nitrogens with zero attached hydrogens (tertiary/aromatic N) is 1. The van der Waals surface area contributed by atoms with E-state index in [1.807, 2.05) is 6.07 Å². The number of carboxylic acid groups (broad SMARTS) is 1. The summed E-state index contributed by atoms with van der Waals surface area (Å²) in [5.41, 5.74) is 0.215. The van der Waals surface area contributed by atoms with Crippen molar-refractivity contribution in [3.8, 4) is 6.07 Å². The summed E-state index contributed by atoms with van der Waals surface area (Å²) in [4.78, 5) is 10.8. The second-order valence-corrected chi connectivity index (χ2v) is 6.53. The van der Waals surface area contributed by atoms with Crippen LogP contribution in [0.15, 0.2) is 23.1 Å². The van der Waals surface area contributed by atoms with Gasteiger partial charge in [0, 0.05) is 0 Å². The van der Waals surface area contributed by atoms with Crippen LogP contribution in [-0.4, -0.2) is 25.5 Å². The van der Waals surface area contributed by atoms with Gasteiger partial charge in [0.2, 0.25) is 10.0 Å². The molecule has 0 fully saturated rings. The molecule has 0 aromatic heterocycles. The molecule has 0 saturated carbocycles. The molecular formula is C12H13ClN2O4S. The lowest BCUT2D eigenvalue weighted by molar-refractivity contribution is -0.140. The Bertz CT molecular complexity index is 665. The summed E-state index contributed by atoms with van der Waals surface area (Å²) in [5, 5.41) is 17.6. The van der Waals surface area contributed by atoms with Crippen molar-refractivity contribution in [2.75, 3.05) is 0 Å². The van der Waals surface area contributed by atoms with E-state index in [1.165, 1.54) is 18.2 Å². The predicted octanol–water partition coefficient (Wildman–Crippen LogP) is 1.60. The van der Waals surface area contributed by atoms with Gasteiger partial charge in [-0.15, -0.1) is 0 Å². The number of hydrogen-bond donors (Lipinski definition) is 2. The molecule has 0 saturated heterocycles. The zero-order valence-corrected chi connectivity index (χ0v) is 12.4. The summed E-state index contributed by atoms with van der Waals surface area (Å²) in [6.07, 6.45) is 0. The van der Waals surface area contributed by atoms with Crippen molar-refractivity contribution >= 4 is 27.6 Å². The van der Waals surface area contributed by atoms with Crippen LogP contribution >= 0.6 is 11.6 Å². The molecule has 1 aromatic rings. The van der Waals surface area contributed by atoms with Gasteiger partial charge in [-0.05, 0) is 24.1 Å². The third-order valence-corrected chi connectivity index (χ3v) is 4.49. The number of benzene rings is 1. The Morgan fingerprint density at radius 3 is 2.45 bits per heavy atom. The lowest BCUT2D eigenvalue weighted by Crippen LogP contribution is -2.44. The van der Waals surface area contributed by atoms with Crippen molar-refractivity contribution < 1.29 is 18.3 Å². The maximum absolute atomic E-state index is 12.1. The smallest absolute Gasteiger partial charge is 0.322 e. The van der Waals surface area contributed by atoms with Crippen LogP contribution in [0.5, 0.6) is 0 Å². The average Bonchev–Trinajstić information content (AvgIpc) is 2.34. The quantitative estimate of drug-likeness (QED) is 0.858. The number of sulfonamides is 1. The normalized spacial score (nSPS) is 12.9. The number of nitrogens with one attached hydrogen (secondary N) is 1. The fourth-order valence-corrected chi connectivity index (χ4v) is 3.37. The molecule has 2 N–H and O–H groups in total. The minimum Gasteiger partial charge on any atom is -0.480 e. The molecule has 108 valence electrons. The summed E-state index contributed by atoms with van der Waals surface area (Å²) in [7, 11) is -4.08. The van der Waals surface area contributed by atoms with Gasteiger partial charge in [-0.25, -0.2) is 8.42 Å². The Hall–Kier alpha value is -1.62. The summed E-state index contributed by atoms with van der Waals surface area (Å²) in [6, 6.07) is 4.25. The first-order valence-corrected chi connectivity index (χ1v) is 7.50. The number of rotatable bonds is 5. The Balaban J connectivity index is 3.18. The van der Waals surface area contributed by atoms with Crippen LogP contribution in [0.2, 0.25) is 5.02 Å². The maximum atomic E-state index is 12.1. The summed E-state index contributed by atoms with van der Waals surface area (Å²) in [5.74, 6) is -1.70. The highest BCUT2D eigenvalue weighted by atomic mass is 35.5. The molecule has 0 heterocycles. The molecule has 6 nitrogen and oxygen atoms in total. The molecule has 0 bridgehead atoms. The molecule has 1 atom stereocenters. The topological polar surface area (TPSA) is 107 Å². The first-order valence-electron chi connectivity index (χ1n) is 5.64. The van der Waals surface area contributed by atoms with E-state index >= 15 is 0 Å². The molecule has 1 aromatic carbocycles. The van der Waals surface area contributed by atoms with E-state index in [0.717, 1.165) is 0 Å². The van der Waals surface area contributed by atoms with Gasteiger partial charge in [-0.2, -0.15) is 9.98 Å². The number of halogens is 1. The Morgan fingerprint density at radius 2 is 2.05 bits per heavy atom. The molecule has 0 amide bonds. The molecule has 0 unspecified atom stereocenters. The third kappa shape index (κ3) is 3.70. The van der Waals surface area contributed by atoms with Gasteiger partial charge in [-0.1, -0.05) is 25.4 Å². The number of carbonyl (C=O) groups is 1. The van der Waals surface area contributed by atoms with Gasteiger partial charge in [0.05, 0.1) is 16.7 Å². The van der Waals surface area contributed by atoms with Gasteiger partial charge in [0.25, 0.3) is 0 Å². The monoisotopic (exact) mass is 316 g/mol. The fourth-order valence-electron chi connectivity index (χ4n) is 1.49. The Labute approximate surface area is 122 Å². The molecule has 8 heteroatoms. The number of carboxylic acids is 1. The van der Waals surface area contributed by atoms with E-state index in [9.17, 15) is 13.2 Å². The highest BCUT2D eigenvalue weighted by Gasteiger charge is 2.29. The molecule has 0 spiro atoms. The molecule has 0 aliphatic carbocycles. The van der Waals surface area contributed by atoms with Gasteiger partial charge in [0.1, 0.15) is 10.9 Å². The molecule has 1 rings (SSSR count). The van der Waals surface area contributed by atoms with Crippen molar-refractivity contribution in [1.29, 1.82) is 5.26 Å². The van der Waals surface area contributed by atoms with Crippen molar-refractivity contribution in [3.05, 3.63) is 28.8 Å². The Morgan fingerprint density at radius 1 is 1.45 bits per heavy atom. The lowest BCUT2D eigenvalue weighted by Gasteiger charge is -2.18. The summed E-state index contributed by atoms with van der Waals surface area (Å²) < 4.78 is 26.4. The van der Waals surface area contributed by atoms with E-state index in [2.05, 4.69) is 4.72 Å². The second kappa shape index (κ2) is 6.22. The summed E-state index contributed by atoms with van der Waals surface area (Å²) in [6.45, 7) is 3.17. The second-order valence-electron chi connectivity index (χ2n) is 4.44. The van der Waals surface area contributed by atoms with E-state index in [4.69, 9.17) is 22.0 Å². The van der Waals surface area contributed by atoms with E-state index in [0.29, 0.717) is 0 Å². The van der Waals surface area contributed by atoms with Gasteiger partial charge < -0.3 is 5.11 Å². The Kier molecular flexibility index (Phi) is 5.11. The first kappa shape index (κ1) is 16.4. The lowest BCUT2D eigenvalue weighted by atomic mass is 10.1. The van der Waals surface area contributed by atoms with E-state index in [-0.39, 0.29) is 15.5 Å². The van der Waals surface area contributed by atoms with Crippen molar-refractivity contribution in [1.82, 2.24) is 4.72 Å². The molecular weight excluding hydrogens is 304 g/mol. The molecule has 0 aliphatic rings. The van der Waals surface area contributed by atoms with Crippen LogP contribution in [0.25, 0.3) is 0 Å². The minimum absolute atomic E-state index is 0.135. The molecule has 0 radical (unpaired) electrons. The highest BCUT2D eigenvalue weighted by Crippen LogP contribution is 2.23. The SMILES string of the molecule is CC(C)[C@@H](NS(=O)(=O)c1ccc(C#N)cc1Cl)C(=O)O. The number of hydrogen-bond acceptors (Lipinski definition) is 4. The van der Waals surface area contributed by atoms with Gasteiger partial charge >= 0.3 is 5.97 Å². The van der Waals surface area contributed by atoms with Crippen LogP contribution < -0.4 is 4.72 Å². The fraction of sp³-hybridized carbons (Fsp3) is 0.333. The van der Waals surface area contributed by atoms with Gasteiger partial charge in [-0.3, -0.25) is 4.79 Å². The largest absolute Gasteiger partial charge is 0.480 e. The minimum atomic E-state index is -4.08. The third-order valence-electron chi connectivity index (χ3n) is 2.57. The van der Waals surface area contributed by atoms with Crippen LogP contribution in [0.4, 0.5) is 0 Å². The van der Waals surface area contributed by atoms with Crippen LogP contribution in [0.1, 0.15) is 19.4 Å². The van der Waals surface area contributed by atoms with Crippen LogP contribution in [0, 0.1) is 17.2 Å². The van der Waals surface area contributed by atoms with Crippen molar-refractivity contribution in [2.45, 2.75) is 24.8 Å². The van der Waals surface area contributed by atoms with E-state index in [1.54, 1.807) is 13.8 Å². The maximum Gasteiger partial charge on any atom is 0.322 e. The average molecular weight is 317 g/mol. The summed E-state index contributed by atoms with van der Waals surface area (Å²) >= 11 is 5.82. The van der Waals surface area contributed by atoms with E-state index < -0.39 is 28.0 Å².